The number of hydrogen-bond donors (Lipinski definition) is 1. The summed E-state index contributed by atoms with van der Waals surface area (Å²) in [5.41, 5.74) is 0. The minimum absolute atomic E-state index is 0.0236. The summed E-state index contributed by atoms with van der Waals surface area (Å²) in [6.07, 6.45) is -0.942. The summed E-state index contributed by atoms with van der Waals surface area (Å²) >= 11 is 4.47. The van der Waals surface area contributed by atoms with Crippen LogP contribution in [0.1, 0.15) is 27.7 Å². The van der Waals surface area contributed by atoms with Crippen molar-refractivity contribution < 1.29 is 23.0 Å². The Hall–Kier alpha value is 0.150. The fourth-order valence-corrected chi connectivity index (χ4v) is 2.45. The van der Waals surface area contributed by atoms with Gasteiger partial charge in [0.1, 0.15) is 5.25 Å². The lowest BCUT2D eigenvalue weighted by molar-refractivity contribution is -0.138. The molecule has 2 atom stereocenters. The van der Waals surface area contributed by atoms with E-state index < -0.39 is 27.1 Å². The van der Waals surface area contributed by atoms with Gasteiger partial charge in [0.15, 0.2) is 0 Å². The molecule has 0 aliphatic rings. The molecule has 0 aromatic rings. The Morgan fingerprint density at radius 2 is 1.89 bits per heavy atom. The Bertz CT molecular complexity index is 293. The average Bonchev–Trinajstić information content (AvgIpc) is 2.27. The average molecular weight is 316 g/mol. The van der Waals surface area contributed by atoms with Crippen LogP contribution < -0.4 is 0 Å². The zero-order valence-corrected chi connectivity index (χ0v) is 13.6. The minimum Gasteiger partial charge on any atom is -0.379 e. The lowest BCUT2D eigenvalue weighted by Gasteiger charge is -2.29. The summed E-state index contributed by atoms with van der Waals surface area (Å²) in [4.78, 5) is 11.7. The molecule has 3 nitrogen and oxygen atoms in total. The van der Waals surface area contributed by atoms with Gasteiger partial charge < -0.3 is 9.47 Å². The molecule has 7 heteroatoms. The summed E-state index contributed by atoms with van der Waals surface area (Å²) in [6.45, 7) is 7.22. The molecule has 0 aliphatic heterocycles. The van der Waals surface area contributed by atoms with Gasteiger partial charge in [-0.15, -0.1) is 0 Å². The third-order valence-electron chi connectivity index (χ3n) is 2.18. The van der Waals surface area contributed by atoms with Crippen molar-refractivity contribution in [3.05, 3.63) is 0 Å². The molecule has 0 rings (SSSR count). The van der Waals surface area contributed by atoms with Gasteiger partial charge in [-0.25, -0.2) is 0 Å². The molecule has 19 heavy (non-hydrogen) atoms. The summed E-state index contributed by atoms with van der Waals surface area (Å²) in [6, 6.07) is 0. The zero-order valence-electron chi connectivity index (χ0n) is 11.9. The van der Waals surface area contributed by atoms with E-state index in [2.05, 4.69) is 12.6 Å². The molecule has 0 aromatic heterocycles. The molecule has 0 fully saturated rings. The summed E-state index contributed by atoms with van der Waals surface area (Å²) in [5, 5.41) is -2.73. The minimum atomic E-state index is -3.57. The third kappa shape index (κ3) is 6.42. The fraction of sp³-hybridized carbons (Fsp3) is 0.917. The molecule has 0 radical (unpaired) electrons. The van der Waals surface area contributed by atoms with Crippen LogP contribution in [0.25, 0.3) is 0 Å². The Morgan fingerprint density at radius 1 is 1.37 bits per heavy atom. The second-order valence-electron chi connectivity index (χ2n) is 5.00. The predicted molar refractivity (Wildman–Crippen MR) is 77.4 cm³/mol. The standard InChI is InChI=1S/C12H22F2O3S2/c1-6-17-7-8(16-5)9(18)12(13,14)10(15)19-11(2,3)4/h8-9,18H,6-7H2,1-5H3/t8-,9?/m1/s1. The van der Waals surface area contributed by atoms with E-state index in [1.165, 1.54) is 7.11 Å². The number of alkyl halides is 2. The van der Waals surface area contributed by atoms with Gasteiger partial charge in [0.05, 0.1) is 12.7 Å². The molecule has 114 valence electrons. The number of methoxy groups -OCH3 is 1. The molecular weight excluding hydrogens is 294 g/mol. The highest BCUT2D eigenvalue weighted by molar-refractivity contribution is 8.15. The van der Waals surface area contributed by atoms with Crippen LogP contribution >= 0.6 is 24.4 Å². The van der Waals surface area contributed by atoms with Crippen LogP contribution in [0, 0.1) is 0 Å². The van der Waals surface area contributed by atoms with E-state index in [0.29, 0.717) is 18.4 Å². The maximum absolute atomic E-state index is 14.0. The summed E-state index contributed by atoms with van der Waals surface area (Å²) in [7, 11) is 1.30. The molecular formula is C12H22F2O3S2. The van der Waals surface area contributed by atoms with Crippen molar-refractivity contribution in [2.24, 2.45) is 0 Å². The van der Waals surface area contributed by atoms with Crippen LogP contribution in [0.4, 0.5) is 8.78 Å². The van der Waals surface area contributed by atoms with Crippen molar-refractivity contribution in [3.8, 4) is 0 Å². The zero-order chi connectivity index (χ0) is 15.3. The van der Waals surface area contributed by atoms with Crippen LogP contribution in [-0.4, -0.2) is 47.5 Å². The highest BCUT2D eigenvalue weighted by Crippen LogP contribution is 2.36. The van der Waals surface area contributed by atoms with Crippen molar-refractivity contribution in [1.82, 2.24) is 0 Å². The van der Waals surface area contributed by atoms with Crippen molar-refractivity contribution in [2.45, 2.75) is 49.7 Å². The maximum atomic E-state index is 14.0. The molecule has 0 N–H and O–H groups in total. The van der Waals surface area contributed by atoms with E-state index in [1.54, 1.807) is 27.7 Å². The van der Waals surface area contributed by atoms with Gasteiger partial charge in [-0.05, 0) is 6.92 Å². The van der Waals surface area contributed by atoms with Gasteiger partial charge in [0.2, 0.25) is 0 Å². The topological polar surface area (TPSA) is 35.5 Å². The van der Waals surface area contributed by atoms with Crippen LogP contribution in [0.2, 0.25) is 0 Å². The first-order valence-corrected chi connectivity index (χ1v) is 7.29. The first-order chi connectivity index (χ1) is 8.56. The molecule has 0 amide bonds. The van der Waals surface area contributed by atoms with Gasteiger partial charge in [-0.2, -0.15) is 21.4 Å². The largest absolute Gasteiger partial charge is 0.379 e. The van der Waals surface area contributed by atoms with Crippen molar-refractivity contribution in [1.29, 1.82) is 0 Å². The van der Waals surface area contributed by atoms with Crippen LogP contribution in [-0.2, 0) is 14.3 Å². The van der Waals surface area contributed by atoms with Crippen LogP contribution in [0.15, 0.2) is 0 Å². The van der Waals surface area contributed by atoms with Crippen molar-refractivity contribution in [2.75, 3.05) is 20.3 Å². The van der Waals surface area contributed by atoms with Crippen molar-refractivity contribution in [3.63, 3.8) is 0 Å². The molecule has 0 aliphatic carbocycles. The molecule has 1 unspecified atom stereocenters. The van der Waals surface area contributed by atoms with E-state index in [1.807, 2.05) is 0 Å². The monoisotopic (exact) mass is 316 g/mol. The maximum Gasteiger partial charge on any atom is 0.329 e. The van der Waals surface area contributed by atoms with Crippen molar-refractivity contribution >= 4 is 29.5 Å². The van der Waals surface area contributed by atoms with Crippen LogP contribution in [0.3, 0.4) is 0 Å². The van der Waals surface area contributed by atoms with Crippen LogP contribution in [0.5, 0.6) is 0 Å². The Morgan fingerprint density at radius 3 is 2.26 bits per heavy atom. The highest BCUT2D eigenvalue weighted by atomic mass is 32.2. The smallest absolute Gasteiger partial charge is 0.329 e. The molecule has 0 spiro atoms. The van der Waals surface area contributed by atoms with E-state index in [9.17, 15) is 13.6 Å². The SMILES string of the molecule is CCOC[C@@H](OC)C(S)C(F)(F)C(=O)SC(C)(C)C. The fourth-order valence-electron chi connectivity index (χ4n) is 1.22. The third-order valence-corrected chi connectivity index (χ3v) is 3.91. The Kier molecular flexibility index (Phi) is 7.87. The molecule has 0 aromatic carbocycles. The molecule has 0 bridgehead atoms. The second kappa shape index (κ2) is 7.81. The summed E-state index contributed by atoms with van der Waals surface area (Å²) < 4.78 is 37.5. The number of hydrogen-bond acceptors (Lipinski definition) is 5. The first kappa shape index (κ1) is 19.1. The first-order valence-electron chi connectivity index (χ1n) is 5.96. The molecule has 0 saturated carbocycles. The van der Waals surface area contributed by atoms with E-state index >= 15 is 0 Å². The number of thioether (sulfide) groups is 1. The highest BCUT2D eigenvalue weighted by Gasteiger charge is 2.50. The number of ether oxygens (including phenoxy) is 2. The van der Waals surface area contributed by atoms with Gasteiger partial charge in [-0.3, -0.25) is 4.79 Å². The summed E-state index contributed by atoms with van der Waals surface area (Å²) in [5.74, 6) is -3.57. The van der Waals surface area contributed by atoms with Gasteiger partial charge in [0.25, 0.3) is 5.12 Å². The number of halogens is 2. The van der Waals surface area contributed by atoms with E-state index in [4.69, 9.17) is 9.47 Å². The normalized spacial score (nSPS) is 16.2. The number of thiol groups is 1. The lowest BCUT2D eigenvalue weighted by Crippen LogP contribution is -2.47. The number of rotatable bonds is 7. The van der Waals surface area contributed by atoms with Gasteiger partial charge in [-0.1, -0.05) is 32.5 Å². The van der Waals surface area contributed by atoms with Gasteiger partial charge in [0, 0.05) is 18.5 Å². The Labute approximate surface area is 123 Å². The molecule has 0 saturated heterocycles. The lowest BCUT2D eigenvalue weighted by atomic mass is 10.1. The van der Waals surface area contributed by atoms with E-state index in [-0.39, 0.29) is 6.61 Å². The predicted octanol–water partition coefficient (Wildman–Crippen LogP) is 3.03. The van der Waals surface area contributed by atoms with Gasteiger partial charge >= 0.3 is 5.92 Å². The molecule has 0 heterocycles. The quantitative estimate of drug-likeness (QED) is 0.732. The second-order valence-corrected chi connectivity index (χ2v) is 7.36. The van der Waals surface area contributed by atoms with E-state index in [0.717, 1.165) is 0 Å². The number of carbonyl (C=O) groups is 1. The number of carbonyl (C=O) groups excluding carboxylic acids is 1. The Balaban J connectivity index is 4.80.